The number of ether oxygens (including phenoxy) is 2. The Balaban J connectivity index is 1.81. The number of fused-ring (bicyclic) bond motifs is 1. The minimum atomic E-state index is -0.236. The molecule has 3 heterocycles. The third kappa shape index (κ3) is 4.08. The van der Waals surface area contributed by atoms with Crippen molar-refractivity contribution in [1.82, 2.24) is 25.2 Å². The fourth-order valence-corrected chi connectivity index (χ4v) is 4.26. The second-order valence-electron chi connectivity index (χ2n) is 8.03. The maximum atomic E-state index is 13.2. The molecule has 0 amide bonds. The zero-order valence-electron chi connectivity index (χ0n) is 17.7. The highest BCUT2D eigenvalue weighted by molar-refractivity contribution is 5.80. The zero-order chi connectivity index (χ0) is 21.1. The van der Waals surface area contributed by atoms with Crippen LogP contribution in [0.4, 0.5) is 0 Å². The van der Waals surface area contributed by atoms with Gasteiger partial charge in [0.15, 0.2) is 6.04 Å². The van der Waals surface area contributed by atoms with Gasteiger partial charge in [0.25, 0.3) is 5.56 Å². The largest absolute Gasteiger partial charge is 0.497 e. The Labute approximate surface area is 175 Å². The van der Waals surface area contributed by atoms with Crippen LogP contribution in [0.2, 0.25) is 0 Å². The van der Waals surface area contributed by atoms with Gasteiger partial charge in [-0.1, -0.05) is 6.92 Å². The number of tetrazole rings is 1. The van der Waals surface area contributed by atoms with Crippen molar-refractivity contribution in [3.8, 4) is 5.75 Å². The normalized spacial score (nSPS) is 20.4. The predicted molar refractivity (Wildman–Crippen MR) is 112 cm³/mol. The van der Waals surface area contributed by atoms with Gasteiger partial charge in [0.2, 0.25) is 5.82 Å². The number of likely N-dealkylation sites (tertiary alicyclic amines) is 1. The van der Waals surface area contributed by atoms with Crippen LogP contribution >= 0.6 is 0 Å². The molecule has 0 aliphatic carbocycles. The maximum absolute atomic E-state index is 13.2. The second kappa shape index (κ2) is 8.93. The molecule has 30 heavy (non-hydrogen) atoms. The first-order chi connectivity index (χ1) is 14.6. The summed E-state index contributed by atoms with van der Waals surface area (Å²) in [7, 11) is 3.27. The summed E-state index contributed by atoms with van der Waals surface area (Å²) in [6.45, 7) is 5.28. The monoisotopic (exact) mass is 413 g/mol. The number of methoxy groups -OCH3 is 2. The van der Waals surface area contributed by atoms with Gasteiger partial charge < -0.3 is 19.4 Å². The lowest BCUT2D eigenvalue weighted by atomic mass is 9.95. The number of H-pyrrole nitrogens is 1. The molecule has 0 saturated carbocycles. The molecule has 0 radical (unpaired) electrons. The Bertz CT molecular complexity index is 1050. The molecule has 4 rings (SSSR count). The SMILES string of the molecule is COCCn1nnnc1[C@H](c1cc2ccc(OC)cc2[nH]c1=O)[NH+]1CCC(C)CC1. The number of quaternary nitrogens is 1. The Morgan fingerprint density at radius 3 is 2.80 bits per heavy atom. The number of nitrogens with one attached hydrogen (secondary N) is 2. The van der Waals surface area contributed by atoms with Crippen molar-refractivity contribution in [2.45, 2.75) is 32.4 Å². The van der Waals surface area contributed by atoms with Gasteiger partial charge in [-0.2, -0.15) is 0 Å². The standard InChI is InChI=1S/C21H28N6O3/c1-14-6-8-26(9-7-14)19(20-23-24-25-27(20)10-11-29-2)17-12-15-4-5-16(30-3)13-18(15)22-21(17)28/h4-5,12-14,19H,6-11H2,1-3H3,(H,22,28)/p+1/t19-/m0/s1. The number of rotatable bonds is 7. The summed E-state index contributed by atoms with van der Waals surface area (Å²) in [5.41, 5.74) is 1.32. The lowest BCUT2D eigenvalue weighted by Gasteiger charge is -2.33. The van der Waals surface area contributed by atoms with Crippen LogP contribution in [0.3, 0.4) is 0 Å². The van der Waals surface area contributed by atoms with Crippen molar-refractivity contribution in [1.29, 1.82) is 0 Å². The molecule has 2 aromatic heterocycles. The summed E-state index contributed by atoms with van der Waals surface area (Å²) in [4.78, 5) is 17.5. The van der Waals surface area contributed by atoms with Gasteiger partial charge in [-0.25, -0.2) is 4.68 Å². The third-order valence-electron chi connectivity index (χ3n) is 6.04. The molecule has 1 aliphatic rings. The van der Waals surface area contributed by atoms with Crippen LogP contribution in [0.1, 0.15) is 37.2 Å². The molecular formula is C21H29N6O3+. The van der Waals surface area contributed by atoms with Gasteiger partial charge in [0, 0.05) is 13.2 Å². The van der Waals surface area contributed by atoms with E-state index >= 15 is 0 Å². The number of hydrogen-bond donors (Lipinski definition) is 2. The molecule has 160 valence electrons. The number of pyridine rings is 1. The van der Waals surface area contributed by atoms with E-state index < -0.39 is 0 Å². The number of hydrogen-bond acceptors (Lipinski definition) is 6. The zero-order valence-corrected chi connectivity index (χ0v) is 17.7. The van der Waals surface area contributed by atoms with E-state index in [0.29, 0.717) is 36.2 Å². The first-order valence-corrected chi connectivity index (χ1v) is 10.4. The van der Waals surface area contributed by atoms with Crippen LogP contribution in [-0.4, -0.2) is 59.1 Å². The summed E-state index contributed by atoms with van der Waals surface area (Å²) >= 11 is 0. The smallest absolute Gasteiger partial charge is 0.258 e. The van der Waals surface area contributed by atoms with E-state index in [2.05, 4.69) is 27.4 Å². The molecule has 9 nitrogen and oxygen atoms in total. The summed E-state index contributed by atoms with van der Waals surface area (Å²) < 4.78 is 12.3. The number of aromatic amines is 1. The predicted octanol–water partition coefficient (Wildman–Crippen LogP) is 0.574. The van der Waals surface area contributed by atoms with Gasteiger partial charge in [-0.15, -0.1) is 5.10 Å². The Hall–Kier alpha value is -2.78. The first kappa shape index (κ1) is 20.5. The summed E-state index contributed by atoms with van der Waals surface area (Å²) in [6.07, 6.45) is 2.24. The Morgan fingerprint density at radius 2 is 2.07 bits per heavy atom. The number of benzene rings is 1. The van der Waals surface area contributed by atoms with Crippen molar-refractivity contribution < 1.29 is 14.4 Å². The highest BCUT2D eigenvalue weighted by atomic mass is 16.5. The van der Waals surface area contributed by atoms with E-state index in [-0.39, 0.29) is 11.6 Å². The molecule has 9 heteroatoms. The van der Waals surface area contributed by atoms with E-state index in [9.17, 15) is 4.79 Å². The fourth-order valence-electron chi connectivity index (χ4n) is 4.26. The van der Waals surface area contributed by atoms with Crippen LogP contribution < -0.4 is 15.2 Å². The molecule has 1 saturated heterocycles. The molecule has 0 unspecified atom stereocenters. The van der Waals surface area contributed by atoms with Crippen molar-refractivity contribution in [3.05, 3.63) is 46.0 Å². The fraction of sp³-hybridized carbons (Fsp3) is 0.524. The molecule has 1 aliphatic heterocycles. The lowest BCUT2D eigenvalue weighted by Crippen LogP contribution is -3.13. The van der Waals surface area contributed by atoms with Gasteiger partial charge in [-0.05, 0) is 52.8 Å². The molecular weight excluding hydrogens is 384 g/mol. The van der Waals surface area contributed by atoms with Crippen molar-refractivity contribution in [2.75, 3.05) is 33.9 Å². The highest BCUT2D eigenvalue weighted by Gasteiger charge is 2.35. The Kier molecular flexibility index (Phi) is 6.10. The maximum Gasteiger partial charge on any atom is 0.258 e. The lowest BCUT2D eigenvalue weighted by molar-refractivity contribution is -0.932. The minimum absolute atomic E-state index is 0.117. The average Bonchev–Trinajstić information content (AvgIpc) is 3.21. The second-order valence-corrected chi connectivity index (χ2v) is 8.03. The van der Waals surface area contributed by atoms with Crippen LogP contribution in [0.5, 0.6) is 5.75 Å². The van der Waals surface area contributed by atoms with E-state index in [1.165, 1.54) is 4.90 Å². The summed E-state index contributed by atoms with van der Waals surface area (Å²) in [6, 6.07) is 7.44. The molecule has 0 spiro atoms. The molecule has 3 aromatic rings. The van der Waals surface area contributed by atoms with Crippen LogP contribution in [0.15, 0.2) is 29.1 Å². The van der Waals surface area contributed by atoms with Crippen molar-refractivity contribution in [3.63, 3.8) is 0 Å². The van der Waals surface area contributed by atoms with Crippen LogP contribution in [0, 0.1) is 5.92 Å². The van der Waals surface area contributed by atoms with E-state index in [0.717, 1.165) is 36.8 Å². The third-order valence-corrected chi connectivity index (χ3v) is 6.04. The van der Waals surface area contributed by atoms with E-state index in [1.807, 2.05) is 24.3 Å². The number of piperidine rings is 1. The molecule has 0 bridgehead atoms. The topological polar surface area (TPSA) is 99.4 Å². The Morgan fingerprint density at radius 1 is 1.27 bits per heavy atom. The molecule has 1 aromatic carbocycles. The first-order valence-electron chi connectivity index (χ1n) is 10.4. The summed E-state index contributed by atoms with van der Waals surface area (Å²) in [5, 5.41) is 13.4. The molecule has 1 fully saturated rings. The molecule has 1 atom stereocenters. The van der Waals surface area contributed by atoms with Crippen molar-refractivity contribution in [2.24, 2.45) is 5.92 Å². The van der Waals surface area contributed by atoms with Gasteiger partial charge in [0.05, 0.1) is 44.4 Å². The minimum Gasteiger partial charge on any atom is -0.497 e. The van der Waals surface area contributed by atoms with Crippen molar-refractivity contribution >= 4 is 10.9 Å². The highest BCUT2D eigenvalue weighted by Crippen LogP contribution is 2.22. The molecule has 2 N–H and O–H groups in total. The summed E-state index contributed by atoms with van der Waals surface area (Å²) in [5.74, 6) is 2.11. The van der Waals surface area contributed by atoms with E-state index in [4.69, 9.17) is 9.47 Å². The number of nitrogens with zero attached hydrogens (tertiary/aromatic N) is 4. The van der Waals surface area contributed by atoms with Gasteiger partial charge >= 0.3 is 0 Å². The van der Waals surface area contributed by atoms with Gasteiger partial charge in [0.1, 0.15) is 5.75 Å². The van der Waals surface area contributed by atoms with E-state index in [1.54, 1.807) is 18.9 Å². The van der Waals surface area contributed by atoms with Gasteiger partial charge in [-0.3, -0.25) is 4.79 Å². The average molecular weight is 414 g/mol. The van der Waals surface area contributed by atoms with Crippen LogP contribution in [0.25, 0.3) is 10.9 Å². The van der Waals surface area contributed by atoms with Crippen LogP contribution in [-0.2, 0) is 11.3 Å². The number of aromatic nitrogens is 5. The quantitative estimate of drug-likeness (QED) is 0.588.